The number of nitrogens with zero attached hydrogens (tertiary/aromatic N) is 2. The minimum atomic E-state index is -0.0378. The largest absolute Gasteiger partial charge is 0.378 e. The van der Waals surface area contributed by atoms with Gasteiger partial charge in [-0.1, -0.05) is 66.7 Å². The van der Waals surface area contributed by atoms with Crippen LogP contribution in [0, 0.1) is 0 Å². The van der Waals surface area contributed by atoms with E-state index in [4.69, 9.17) is 4.74 Å². The van der Waals surface area contributed by atoms with Crippen molar-refractivity contribution in [2.24, 2.45) is 0 Å². The molecule has 38 heavy (non-hydrogen) atoms. The molecule has 3 heterocycles. The fourth-order valence-corrected chi connectivity index (χ4v) is 6.32. The van der Waals surface area contributed by atoms with Crippen molar-refractivity contribution in [3.8, 4) is 0 Å². The summed E-state index contributed by atoms with van der Waals surface area (Å²) in [4.78, 5) is 19.3. The minimum absolute atomic E-state index is 0.00553. The Kier molecular flexibility index (Phi) is 5.46. The van der Waals surface area contributed by atoms with Crippen molar-refractivity contribution in [3.63, 3.8) is 0 Å². The number of para-hydroxylation sites is 2. The van der Waals surface area contributed by atoms with Crippen LogP contribution in [0.5, 0.6) is 0 Å². The molecule has 2 N–H and O–H groups in total. The topological polar surface area (TPSA) is 62.3 Å². The van der Waals surface area contributed by atoms with Gasteiger partial charge in [0.15, 0.2) is 0 Å². The molecule has 0 radical (unpaired) electrons. The quantitative estimate of drug-likeness (QED) is 0.289. The molecule has 7 rings (SSSR count). The Morgan fingerprint density at radius 1 is 0.947 bits per heavy atom. The summed E-state index contributed by atoms with van der Waals surface area (Å²) < 4.78 is 8.42. The van der Waals surface area contributed by atoms with E-state index in [9.17, 15) is 4.79 Å². The second kappa shape index (κ2) is 9.01. The average Bonchev–Trinajstić information content (AvgIpc) is 3.60. The fourth-order valence-electron chi connectivity index (χ4n) is 6.32. The van der Waals surface area contributed by atoms with Gasteiger partial charge in [0.05, 0.1) is 29.2 Å². The van der Waals surface area contributed by atoms with Crippen LogP contribution in [0.1, 0.15) is 21.5 Å². The van der Waals surface area contributed by atoms with Gasteiger partial charge in [-0.25, -0.2) is 0 Å². The summed E-state index contributed by atoms with van der Waals surface area (Å²) in [6.45, 7) is 2.85. The van der Waals surface area contributed by atoms with Crippen LogP contribution >= 0.6 is 0 Å². The molecule has 2 aromatic heterocycles. The molecule has 0 spiro atoms. The smallest absolute Gasteiger partial charge is 0.252 e. The van der Waals surface area contributed by atoms with Gasteiger partial charge in [-0.3, -0.25) is 9.69 Å². The van der Waals surface area contributed by atoms with Crippen LogP contribution in [0.4, 0.5) is 0 Å². The molecule has 0 saturated heterocycles. The number of aromatic amines is 1. The van der Waals surface area contributed by atoms with E-state index in [1.54, 1.807) is 7.11 Å². The number of benzene rings is 4. The maximum absolute atomic E-state index is 13.3. The Morgan fingerprint density at radius 3 is 2.50 bits per heavy atom. The van der Waals surface area contributed by atoms with Crippen LogP contribution in [0.25, 0.3) is 43.6 Å². The minimum Gasteiger partial charge on any atom is -0.378 e. The maximum atomic E-state index is 13.3. The highest BCUT2D eigenvalue weighted by atomic mass is 16.5. The molecule has 4 aromatic carbocycles. The van der Waals surface area contributed by atoms with Gasteiger partial charge in [-0.05, 0) is 30.3 Å². The highest BCUT2D eigenvalue weighted by molar-refractivity contribution is 6.30. The number of carbonyl (C=O) groups is 1. The molecule has 1 amide bonds. The second-order valence-corrected chi connectivity index (χ2v) is 10.3. The molecular formula is C32H30N4O2. The van der Waals surface area contributed by atoms with Gasteiger partial charge in [0, 0.05) is 59.3 Å². The Bertz CT molecular complexity index is 1830. The normalized spacial score (nSPS) is 14.2. The van der Waals surface area contributed by atoms with Gasteiger partial charge in [0.2, 0.25) is 0 Å². The molecule has 1 aliphatic rings. The number of nitrogens with one attached hydrogen (secondary N) is 2. The Hall–Kier alpha value is -4.13. The number of ether oxygens (including phenoxy) is 1. The summed E-state index contributed by atoms with van der Waals surface area (Å²) in [6.07, 6.45) is -0.0378. The van der Waals surface area contributed by atoms with Gasteiger partial charge in [-0.15, -0.1) is 0 Å². The number of hydrogen-bond donors (Lipinski definition) is 2. The van der Waals surface area contributed by atoms with E-state index in [1.165, 1.54) is 5.56 Å². The molecule has 0 aliphatic carbocycles. The van der Waals surface area contributed by atoms with E-state index >= 15 is 0 Å². The van der Waals surface area contributed by atoms with Crippen molar-refractivity contribution < 1.29 is 9.53 Å². The van der Waals surface area contributed by atoms with E-state index in [1.807, 2.05) is 6.07 Å². The van der Waals surface area contributed by atoms with Crippen molar-refractivity contribution in [2.45, 2.75) is 25.7 Å². The second-order valence-electron chi connectivity index (χ2n) is 10.3. The number of rotatable bonds is 7. The number of hydrogen-bond acceptors (Lipinski definition) is 3. The number of amides is 1. The van der Waals surface area contributed by atoms with Crippen molar-refractivity contribution in [1.29, 1.82) is 0 Å². The van der Waals surface area contributed by atoms with E-state index in [2.05, 4.69) is 99.6 Å². The highest BCUT2D eigenvalue weighted by Gasteiger charge is 2.31. The zero-order chi connectivity index (χ0) is 25.8. The predicted molar refractivity (Wildman–Crippen MR) is 154 cm³/mol. The predicted octanol–water partition coefficient (Wildman–Crippen LogP) is 5.82. The monoisotopic (exact) mass is 502 g/mol. The SMILES string of the molecule is COC(CN(C)Cc1ccccc1)Cn1c2ccccc2c2c3c(c4c5ccccc5[nH]c4c21)CNC3=O. The molecule has 0 saturated carbocycles. The highest BCUT2D eigenvalue weighted by Crippen LogP contribution is 2.43. The number of fused-ring (bicyclic) bond motifs is 10. The molecular weight excluding hydrogens is 472 g/mol. The maximum Gasteiger partial charge on any atom is 0.252 e. The van der Waals surface area contributed by atoms with Crippen LogP contribution in [0.2, 0.25) is 0 Å². The van der Waals surface area contributed by atoms with Gasteiger partial charge in [0.25, 0.3) is 5.91 Å². The van der Waals surface area contributed by atoms with E-state index in [0.717, 1.165) is 67.8 Å². The number of aromatic nitrogens is 2. The van der Waals surface area contributed by atoms with Gasteiger partial charge in [-0.2, -0.15) is 0 Å². The summed E-state index contributed by atoms with van der Waals surface area (Å²) in [6, 6.07) is 27.3. The van der Waals surface area contributed by atoms with Gasteiger partial charge >= 0.3 is 0 Å². The first-order valence-electron chi connectivity index (χ1n) is 13.1. The number of carbonyl (C=O) groups excluding carboxylic acids is 1. The molecule has 6 nitrogen and oxygen atoms in total. The van der Waals surface area contributed by atoms with Crippen LogP contribution < -0.4 is 5.32 Å². The molecule has 1 unspecified atom stereocenters. The molecule has 0 bridgehead atoms. The van der Waals surface area contributed by atoms with Crippen LogP contribution in [0.3, 0.4) is 0 Å². The van der Waals surface area contributed by atoms with Gasteiger partial charge < -0.3 is 19.6 Å². The summed E-state index contributed by atoms with van der Waals surface area (Å²) >= 11 is 0. The summed E-state index contributed by atoms with van der Waals surface area (Å²) in [5, 5.41) is 7.52. The summed E-state index contributed by atoms with van der Waals surface area (Å²) in [7, 11) is 3.93. The lowest BCUT2D eigenvalue weighted by atomic mass is 9.97. The van der Waals surface area contributed by atoms with Crippen molar-refractivity contribution in [3.05, 3.63) is 95.6 Å². The molecule has 6 aromatic rings. The third-order valence-electron chi connectivity index (χ3n) is 7.95. The van der Waals surface area contributed by atoms with E-state index in [-0.39, 0.29) is 12.0 Å². The van der Waals surface area contributed by atoms with Crippen LogP contribution in [-0.4, -0.2) is 47.2 Å². The first kappa shape index (κ1) is 23.0. The van der Waals surface area contributed by atoms with Crippen molar-refractivity contribution in [2.75, 3.05) is 20.7 Å². The van der Waals surface area contributed by atoms with Gasteiger partial charge in [0.1, 0.15) is 0 Å². The summed E-state index contributed by atoms with van der Waals surface area (Å²) in [5.41, 5.74) is 7.53. The zero-order valence-corrected chi connectivity index (χ0v) is 21.6. The first-order chi connectivity index (χ1) is 18.6. The van der Waals surface area contributed by atoms with Crippen LogP contribution in [0.15, 0.2) is 78.9 Å². The first-order valence-corrected chi connectivity index (χ1v) is 13.1. The fraction of sp³-hybridized carbons (Fsp3) is 0.219. The third kappa shape index (κ3) is 3.52. The lowest BCUT2D eigenvalue weighted by Gasteiger charge is -2.24. The number of methoxy groups -OCH3 is 1. The standard InChI is InChI=1S/C32H30N4O2/c1-35(17-20-10-4-3-5-11-20)18-21(38-2)19-36-26-15-9-7-13-23(26)28-29-24(16-33-32(29)37)27-22-12-6-8-14-25(22)34-30(27)31(28)36/h3-15,21,34H,16-19H2,1-2H3,(H,33,37). The van der Waals surface area contributed by atoms with E-state index in [0.29, 0.717) is 13.1 Å². The lowest BCUT2D eigenvalue weighted by Crippen LogP contribution is -2.33. The molecule has 1 atom stereocenters. The molecule has 6 heteroatoms. The molecule has 190 valence electrons. The Labute approximate surface area is 220 Å². The third-order valence-corrected chi connectivity index (χ3v) is 7.95. The Morgan fingerprint density at radius 2 is 1.68 bits per heavy atom. The van der Waals surface area contributed by atoms with E-state index < -0.39 is 0 Å². The lowest BCUT2D eigenvalue weighted by molar-refractivity contribution is 0.0589. The van der Waals surface area contributed by atoms with Crippen molar-refractivity contribution in [1.82, 2.24) is 19.8 Å². The van der Waals surface area contributed by atoms with Crippen molar-refractivity contribution >= 4 is 49.5 Å². The number of H-pyrrole nitrogens is 1. The molecule has 0 fully saturated rings. The molecule has 1 aliphatic heterocycles. The van der Waals surface area contributed by atoms with Crippen LogP contribution in [-0.2, 0) is 24.4 Å². The zero-order valence-electron chi connectivity index (χ0n) is 21.6. The number of likely N-dealkylation sites (N-methyl/N-ethyl adjacent to an activating group) is 1. The average molecular weight is 503 g/mol. The summed E-state index contributed by atoms with van der Waals surface area (Å²) in [5.74, 6) is 0.00553. The Balaban J connectivity index is 1.42.